The Morgan fingerprint density at radius 3 is 2.71 bits per heavy atom. The van der Waals surface area contributed by atoms with E-state index in [0.717, 1.165) is 17.1 Å². The van der Waals surface area contributed by atoms with Gasteiger partial charge in [-0.2, -0.15) is 5.10 Å². The molecular formula is C17H21N3O. The SMILES string of the molecule is Cn1nc(C2CCCC2)cc1NC(=O)Cc1ccccc1. The molecule has 1 N–H and O–H groups in total. The molecule has 0 atom stereocenters. The van der Waals surface area contributed by atoms with E-state index in [2.05, 4.69) is 10.4 Å². The Hall–Kier alpha value is -2.10. The van der Waals surface area contributed by atoms with Gasteiger partial charge in [-0.05, 0) is 18.4 Å². The van der Waals surface area contributed by atoms with Crippen LogP contribution in [-0.2, 0) is 18.3 Å². The van der Waals surface area contributed by atoms with Crippen LogP contribution in [0.4, 0.5) is 5.82 Å². The van der Waals surface area contributed by atoms with Crippen molar-refractivity contribution in [3.63, 3.8) is 0 Å². The van der Waals surface area contributed by atoms with Crippen molar-refractivity contribution in [1.82, 2.24) is 9.78 Å². The van der Waals surface area contributed by atoms with Crippen LogP contribution in [-0.4, -0.2) is 15.7 Å². The number of anilines is 1. The van der Waals surface area contributed by atoms with Gasteiger partial charge in [0, 0.05) is 19.0 Å². The van der Waals surface area contributed by atoms with Gasteiger partial charge in [-0.25, -0.2) is 0 Å². The smallest absolute Gasteiger partial charge is 0.229 e. The summed E-state index contributed by atoms with van der Waals surface area (Å²) in [6.45, 7) is 0. The molecule has 0 radical (unpaired) electrons. The third-order valence-electron chi connectivity index (χ3n) is 4.15. The number of hydrogen-bond donors (Lipinski definition) is 1. The van der Waals surface area contributed by atoms with Crippen LogP contribution >= 0.6 is 0 Å². The minimum absolute atomic E-state index is 0.00201. The molecule has 1 saturated carbocycles. The van der Waals surface area contributed by atoms with E-state index in [9.17, 15) is 4.79 Å². The van der Waals surface area contributed by atoms with Crippen molar-refractivity contribution in [2.24, 2.45) is 7.05 Å². The van der Waals surface area contributed by atoms with Crippen LogP contribution in [0.5, 0.6) is 0 Å². The molecule has 110 valence electrons. The highest BCUT2D eigenvalue weighted by Crippen LogP contribution is 2.34. The number of amides is 1. The van der Waals surface area contributed by atoms with Crippen LogP contribution in [0, 0.1) is 0 Å². The Balaban J connectivity index is 1.65. The Kier molecular flexibility index (Phi) is 4.04. The monoisotopic (exact) mass is 283 g/mol. The molecule has 0 saturated heterocycles. The van der Waals surface area contributed by atoms with Gasteiger partial charge in [0.1, 0.15) is 5.82 Å². The molecule has 2 aromatic rings. The van der Waals surface area contributed by atoms with E-state index in [4.69, 9.17) is 0 Å². The molecular weight excluding hydrogens is 262 g/mol. The third kappa shape index (κ3) is 3.32. The fraction of sp³-hybridized carbons (Fsp3) is 0.412. The summed E-state index contributed by atoms with van der Waals surface area (Å²) in [5.41, 5.74) is 2.14. The van der Waals surface area contributed by atoms with Gasteiger partial charge in [0.05, 0.1) is 12.1 Å². The molecule has 0 unspecified atom stereocenters. The number of nitrogens with zero attached hydrogens (tertiary/aromatic N) is 2. The molecule has 1 amide bonds. The summed E-state index contributed by atoms with van der Waals surface area (Å²) in [4.78, 5) is 12.1. The number of nitrogens with one attached hydrogen (secondary N) is 1. The van der Waals surface area contributed by atoms with Gasteiger partial charge in [-0.1, -0.05) is 43.2 Å². The number of aryl methyl sites for hydroxylation is 1. The van der Waals surface area contributed by atoms with Crippen molar-refractivity contribution in [1.29, 1.82) is 0 Å². The lowest BCUT2D eigenvalue weighted by Gasteiger charge is -2.04. The van der Waals surface area contributed by atoms with Crippen LogP contribution in [0.3, 0.4) is 0 Å². The predicted molar refractivity (Wildman–Crippen MR) is 83.2 cm³/mol. The highest BCUT2D eigenvalue weighted by Gasteiger charge is 2.21. The fourth-order valence-electron chi connectivity index (χ4n) is 3.00. The zero-order valence-corrected chi connectivity index (χ0v) is 12.4. The van der Waals surface area contributed by atoms with E-state index in [1.807, 2.05) is 43.4 Å². The van der Waals surface area contributed by atoms with Crippen molar-refractivity contribution in [3.05, 3.63) is 47.7 Å². The molecule has 1 aliphatic carbocycles. The molecule has 1 heterocycles. The fourth-order valence-corrected chi connectivity index (χ4v) is 3.00. The minimum atomic E-state index is 0.00201. The van der Waals surface area contributed by atoms with Crippen molar-refractivity contribution in [2.75, 3.05) is 5.32 Å². The van der Waals surface area contributed by atoms with Crippen LogP contribution in [0.2, 0.25) is 0 Å². The lowest BCUT2D eigenvalue weighted by atomic mass is 10.0. The first-order valence-corrected chi connectivity index (χ1v) is 7.60. The van der Waals surface area contributed by atoms with E-state index in [1.54, 1.807) is 4.68 Å². The molecule has 0 aliphatic heterocycles. The van der Waals surface area contributed by atoms with E-state index >= 15 is 0 Å². The Morgan fingerprint density at radius 1 is 1.29 bits per heavy atom. The second-order valence-corrected chi connectivity index (χ2v) is 5.77. The van der Waals surface area contributed by atoms with E-state index in [1.165, 1.54) is 25.7 Å². The Morgan fingerprint density at radius 2 is 2.00 bits per heavy atom. The molecule has 1 aliphatic rings. The molecule has 1 fully saturated rings. The predicted octanol–water partition coefficient (Wildman–Crippen LogP) is 3.26. The first-order valence-electron chi connectivity index (χ1n) is 7.60. The van der Waals surface area contributed by atoms with Crippen molar-refractivity contribution in [2.45, 2.75) is 38.0 Å². The second kappa shape index (κ2) is 6.12. The second-order valence-electron chi connectivity index (χ2n) is 5.77. The maximum absolute atomic E-state index is 12.1. The first kappa shape index (κ1) is 13.9. The molecule has 1 aromatic heterocycles. The molecule has 0 bridgehead atoms. The van der Waals surface area contributed by atoms with Gasteiger partial charge in [-0.3, -0.25) is 9.48 Å². The molecule has 0 spiro atoms. The normalized spacial score (nSPS) is 15.3. The summed E-state index contributed by atoms with van der Waals surface area (Å²) in [5.74, 6) is 1.36. The zero-order chi connectivity index (χ0) is 14.7. The number of carbonyl (C=O) groups is 1. The summed E-state index contributed by atoms with van der Waals surface area (Å²) in [6, 6.07) is 11.8. The summed E-state index contributed by atoms with van der Waals surface area (Å²) < 4.78 is 1.77. The number of hydrogen-bond acceptors (Lipinski definition) is 2. The Bertz CT molecular complexity index is 612. The summed E-state index contributed by atoms with van der Waals surface area (Å²) in [6.07, 6.45) is 5.40. The van der Waals surface area contributed by atoms with Gasteiger partial charge in [0.2, 0.25) is 5.91 Å². The van der Waals surface area contributed by atoms with Crippen molar-refractivity contribution in [3.8, 4) is 0 Å². The maximum atomic E-state index is 12.1. The number of aromatic nitrogens is 2. The minimum Gasteiger partial charge on any atom is -0.311 e. The first-order chi connectivity index (χ1) is 10.2. The van der Waals surface area contributed by atoms with Crippen LogP contribution < -0.4 is 5.32 Å². The summed E-state index contributed by atoms with van der Waals surface area (Å²) in [5, 5.41) is 7.52. The number of benzene rings is 1. The lowest BCUT2D eigenvalue weighted by Crippen LogP contribution is -2.16. The highest BCUT2D eigenvalue weighted by molar-refractivity contribution is 5.91. The topological polar surface area (TPSA) is 46.9 Å². The number of carbonyl (C=O) groups excluding carboxylic acids is 1. The average molecular weight is 283 g/mol. The van der Waals surface area contributed by atoms with Gasteiger partial charge in [0.15, 0.2) is 0 Å². The van der Waals surface area contributed by atoms with Crippen LogP contribution in [0.25, 0.3) is 0 Å². The molecule has 4 nitrogen and oxygen atoms in total. The van der Waals surface area contributed by atoms with Gasteiger partial charge in [0.25, 0.3) is 0 Å². The largest absolute Gasteiger partial charge is 0.311 e. The van der Waals surface area contributed by atoms with Crippen LogP contribution in [0.15, 0.2) is 36.4 Å². The third-order valence-corrected chi connectivity index (χ3v) is 4.15. The highest BCUT2D eigenvalue weighted by atomic mass is 16.1. The van der Waals surface area contributed by atoms with Crippen LogP contribution in [0.1, 0.15) is 42.9 Å². The molecule has 3 rings (SSSR count). The maximum Gasteiger partial charge on any atom is 0.229 e. The van der Waals surface area contributed by atoms with Gasteiger partial charge >= 0.3 is 0 Å². The zero-order valence-electron chi connectivity index (χ0n) is 12.4. The quantitative estimate of drug-likeness (QED) is 0.936. The number of rotatable bonds is 4. The van der Waals surface area contributed by atoms with Gasteiger partial charge in [-0.15, -0.1) is 0 Å². The van der Waals surface area contributed by atoms with Crippen molar-refractivity contribution >= 4 is 11.7 Å². The lowest BCUT2D eigenvalue weighted by molar-refractivity contribution is -0.115. The van der Waals surface area contributed by atoms with E-state index in [-0.39, 0.29) is 5.91 Å². The average Bonchev–Trinajstić information content (AvgIpc) is 3.10. The molecule has 21 heavy (non-hydrogen) atoms. The van der Waals surface area contributed by atoms with Gasteiger partial charge < -0.3 is 5.32 Å². The molecule has 1 aromatic carbocycles. The summed E-state index contributed by atoms with van der Waals surface area (Å²) in [7, 11) is 1.89. The van der Waals surface area contributed by atoms with Crippen molar-refractivity contribution < 1.29 is 4.79 Å². The molecule has 4 heteroatoms. The van der Waals surface area contributed by atoms with E-state index < -0.39 is 0 Å². The standard InChI is InChI=1S/C17H21N3O/c1-20-16(12-15(19-20)14-9-5-6-10-14)18-17(21)11-13-7-3-2-4-8-13/h2-4,7-8,12,14H,5-6,9-11H2,1H3,(H,18,21). The Labute approximate surface area is 125 Å². The summed E-state index contributed by atoms with van der Waals surface area (Å²) >= 11 is 0. The van der Waals surface area contributed by atoms with E-state index in [0.29, 0.717) is 12.3 Å².